The molecule has 0 radical (unpaired) electrons. The molecule has 0 fully saturated rings. The van der Waals surface area contributed by atoms with Crippen LogP contribution in [0.15, 0.2) is 72.8 Å². The van der Waals surface area contributed by atoms with Gasteiger partial charge in [-0.2, -0.15) is 0 Å². The molecule has 1 atom stereocenters. The Kier molecular flexibility index (Phi) is 11.5. The fraction of sp³-hybridized carbons (Fsp3) is 0.259. The Morgan fingerprint density at radius 3 is 2.00 bits per heavy atom. The van der Waals surface area contributed by atoms with E-state index in [4.69, 9.17) is 4.74 Å². The number of carbonyl (C=O) groups excluding carboxylic acids is 2. The van der Waals surface area contributed by atoms with Crippen LogP contribution in [0.4, 0.5) is 0 Å². The van der Waals surface area contributed by atoms with E-state index in [0.29, 0.717) is 19.4 Å². The highest BCUT2D eigenvalue weighted by Crippen LogP contribution is 2.22. The predicted octanol–water partition coefficient (Wildman–Crippen LogP) is 3.37. The van der Waals surface area contributed by atoms with Crippen molar-refractivity contribution in [2.24, 2.45) is 0 Å². The standard InChI is InChI=1S/C15H16O3.C12H16N2O2/c1-18-15-6-4-11(5-7-15)2-3-12-8-13(16)10-14(17)9-12;15-9-13-8-12(14-10-16)7-6-11-4-2-1-3-5-11/h4-10,16-17H,2-3H2,1H3;1-5,9-10,12H,6-8H2,(H,13,15)(H,14,16)/t;12-/m.0/s1. The molecule has 0 aliphatic heterocycles. The lowest BCUT2D eigenvalue weighted by molar-refractivity contribution is -0.111. The monoisotopic (exact) mass is 464 g/mol. The molecule has 3 aromatic carbocycles. The number of amides is 2. The van der Waals surface area contributed by atoms with Crippen LogP contribution >= 0.6 is 0 Å². The first-order valence-electron chi connectivity index (χ1n) is 11.1. The van der Waals surface area contributed by atoms with Gasteiger partial charge in [-0.05, 0) is 66.6 Å². The van der Waals surface area contributed by atoms with E-state index >= 15 is 0 Å². The van der Waals surface area contributed by atoms with Crippen molar-refractivity contribution in [1.82, 2.24) is 10.6 Å². The number of nitrogens with one attached hydrogen (secondary N) is 2. The molecule has 0 aliphatic rings. The van der Waals surface area contributed by atoms with Crippen LogP contribution < -0.4 is 15.4 Å². The highest BCUT2D eigenvalue weighted by Gasteiger charge is 2.06. The van der Waals surface area contributed by atoms with Crippen molar-refractivity contribution in [2.45, 2.75) is 31.7 Å². The molecule has 0 aromatic heterocycles. The molecular weight excluding hydrogens is 432 g/mol. The molecule has 0 bridgehead atoms. The van der Waals surface area contributed by atoms with Crippen molar-refractivity contribution in [3.63, 3.8) is 0 Å². The van der Waals surface area contributed by atoms with Crippen LogP contribution in [0.2, 0.25) is 0 Å². The minimum absolute atomic E-state index is 0.0112. The normalized spacial score (nSPS) is 10.9. The number of rotatable bonds is 12. The van der Waals surface area contributed by atoms with Gasteiger partial charge in [-0.3, -0.25) is 9.59 Å². The SMILES string of the molecule is COc1ccc(CCc2cc(O)cc(O)c2)cc1.O=CNC[C@H](CCc1ccccc1)NC=O. The summed E-state index contributed by atoms with van der Waals surface area (Å²) in [5, 5.41) is 24.0. The summed E-state index contributed by atoms with van der Waals surface area (Å²) in [4.78, 5) is 20.5. The highest BCUT2D eigenvalue weighted by atomic mass is 16.5. The second kappa shape index (κ2) is 14.9. The average Bonchev–Trinajstić information content (AvgIpc) is 2.85. The number of aryl methyl sites for hydroxylation is 3. The van der Waals surface area contributed by atoms with Crippen molar-refractivity contribution in [1.29, 1.82) is 0 Å². The number of benzene rings is 3. The molecule has 7 heteroatoms. The molecule has 0 aliphatic carbocycles. The molecule has 180 valence electrons. The van der Waals surface area contributed by atoms with Crippen LogP contribution in [0.1, 0.15) is 23.1 Å². The molecule has 0 saturated carbocycles. The van der Waals surface area contributed by atoms with Gasteiger partial charge >= 0.3 is 0 Å². The van der Waals surface area contributed by atoms with Crippen LogP contribution in [0, 0.1) is 0 Å². The highest BCUT2D eigenvalue weighted by molar-refractivity contribution is 5.48. The van der Waals surface area contributed by atoms with Gasteiger partial charge < -0.3 is 25.6 Å². The number of hydrogen-bond acceptors (Lipinski definition) is 5. The quantitative estimate of drug-likeness (QED) is 0.308. The molecule has 3 aromatic rings. The Hall–Kier alpha value is -4.00. The van der Waals surface area contributed by atoms with Crippen LogP contribution in [0.5, 0.6) is 17.2 Å². The van der Waals surface area contributed by atoms with E-state index in [1.165, 1.54) is 17.2 Å². The molecule has 34 heavy (non-hydrogen) atoms. The van der Waals surface area contributed by atoms with Gasteiger partial charge in [0.1, 0.15) is 17.2 Å². The third-order valence-electron chi connectivity index (χ3n) is 5.20. The summed E-state index contributed by atoms with van der Waals surface area (Å²) >= 11 is 0. The molecule has 4 N–H and O–H groups in total. The molecule has 3 rings (SSSR count). The molecule has 2 amide bonds. The van der Waals surface area contributed by atoms with Gasteiger partial charge in [0, 0.05) is 18.7 Å². The van der Waals surface area contributed by atoms with E-state index in [2.05, 4.69) is 10.6 Å². The molecule has 0 unspecified atom stereocenters. The number of aromatic hydroxyl groups is 2. The fourth-order valence-corrected chi connectivity index (χ4v) is 3.40. The van der Waals surface area contributed by atoms with Crippen LogP contribution in [0.25, 0.3) is 0 Å². The summed E-state index contributed by atoms with van der Waals surface area (Å²) < 4.78 is 5.10. The zero-order valence-corrected chi connectivity index (χ0v) is 19.3. The number of hydrogen-bond donors (Lipinski definition) is 4. The first-order valence-corrected chi connectivity index (χ1v) is 11.1. The first kappa shape index (κ1) is 26.3. The van der Waals surface area contributed by atoms with Gasteiger partial charge in [-0.15, -0.1) is 0 Å². The summed E-state index contributed by atoms with van der Waals surface area (Å²) in [7, 11) is 1.64. The number of carbonyl (C=O) groups is 2. The van der Waals surface area contributed by atoms with Crippen molar-refractivity contribution in [3.05, 3.63) is 89.5 Å². The maximum Gasteiger partial charge on any atom is 0.207 e. The van der Waals surface area contributed by atoms with Gasteiger partial charge in [-0.25, -0.2) is 0 Å². The number of phenolic OH excluding ortho intramolecular Hbond substituents is 2. The van der Waals surface area contributed by atoms with Gasteiger partial charge in [0.25, 0.3) is 0 Å². The lowest BCUT2D eigenvalue weighted by Gasteiger charge is -2.15. The van der Waals surface area contributed by atoms with Crippen LogP contribution in [-0.2, 0) is 28.9 Å². The Morgan fingerprint density at radius 1 is 0.794 bits per heavy atom. The van der Waals surface area contributed by atoms with E-state index in [0.717, 1.165) is 37.0 Å². The zero-order valence-electron chi connectivity index (χ0n) is 19.3. The second-order valence-electron chi connectivity index (χ2n) is 7.74. The van der Waals surface area contributed by atoms with Gasteiger partial charge in [0.15, 0.2) is 0 Å². The van der Waals surface area contributed by atoms with Crippen molar-refractivity contribution >= 4 is 12.8 Å². The lowest BCUT2D eigenvalue weighted by atomic mass is 10.0. The van der Waals surface area contributed by atoms with Crippen LogP contribution in [-0.4, -0.2) is 42.7 Å². The topological polar surface area (TPSA) is 108 Å². The number of phenols is 2. The minimum Gasteiger partial charge on any atom is -0.508 e. The second-order valence-corrected chi connectivity index (χ2v) is 7.74. The summed E-state index contributed by atoms with van der Waals surface area (Å²) in [5.74, 6) is 1.04. The molecule has 0 spiro atoms. The largest absolute Gasteiger partial charge is 0.508 e. The Morgan fingerprint density at radius 2 is 1.41 bits per heavy atom. The Bertz CT molecular complexity index is 973. The summed E-state index contributed by atoms with van der Waals surface area (Å²) in [6.07, 6.45) is 4.63. The first-order chi connectivity index (χ1) is 16.5. The van der Waals surface area contributed by atoms with Gasteiger partial charge in [0.05, 0.1) is 7.11 Å². The number of methoxy groups -OCH3 is 1. The van der Waals surface area contributed by atoms with E-state index in [-0.39, 0.29) is 17.5 Å². The van der Waals surface area contributed by atoms with Crippen molar-refractivity contribution in [2.75, 3.05) is 13.7 Å². The van der Waals surface area contributed by atoms with E-state index < -0.39 is 0 Å². The maximum absolute atomic E-state index is 10.4. The zero-order chi connectivity index (χ0) is 24.6. The fourth-order valence-electron chi connectivity index (χ4n) is 3.40. The smallest absolute Gasteiger partial charge is 0.207 e. The van der Waals surface area contributed by atoms with E-state index in [1.807, 2.05) is 54.6 Å². The Balaban J connectivity index is 0.000000242. The predicted molar refractivity (Wildman–Crippen MR) is 132 cm³/mol. The third kappa shape index (κ3) is 10.1. The minimum atomic E-state index is -0.0112. The molecule has 7 nitrogen and oxygen atoms in total. The number of ether oxygens (including phenoxy) is 1. The average molecular weight is 465 g/mol. The summed E-state index contributed by atoms with van der Waals surface area (Å²) in [6.45, 7) is 0.467. The summed E-state index contributed by atoms with van der Waals surface area (Å²) in [5.41, 5.74) is 3.34. The molecule has 0 saturated heterocycles. The third-order valence-corrected chi connectivity index (χ3v) is 5.20. The maximum atomic E-state index is 10.4. The molecular formula is C27H32N2O5. The van der Waals surface area contributed by atoms with Crippen molar-refractivity contribution in [3.8, 4) is 17.2 Å². The lowest BCUT2D eigenvalue weighted by Crippen LogP contribution is -2.37. The van der Waals surface area contributed by atoms with Gasteiger partial charge in [-0.1, -0.05) is 42.5 Å². The summed E-state index contributed by atoms with van der Waals surface area (Å²) in [6, 6.07) is 22.6. The Labute approximate surface area is 200 Å². The van der Waals surface area contributed by atoms with E-state index in [1.54, 1.807) is 19.2 Å². The van der Waals surface area contributed by atoms with Gasteiger partial charge in [0.2, 0.25) is 12.8 Å². The van der Waals surface area contributed by atoms with E-state index in [9.17, 15) is 19.8 Å². The van der Waals surface area contributed by atoms with Crippen molar-refractivity contribution < 1.29 is 24.5 Å². The van der Waals surface area contributed by atoms with Crippen LogP contribution in [0.3, 0.4) is 0 Å². The molecule has 0 heterocycles.